The number of anilines is 1. The lowest BCUT2D eigenvalue weighted by molar-refractivity contribution is 0.321. The number of hydrogen-bond acceptors (Lipinski definition) is 3. The summed E-state index contributed by atoms with van der Waals surface area (Å²) >= 11 is 0. The Labute approximate surface area is 114 Å². The second-order valence-corrected chi connectivity index (χ2v) is 5.53. The standard InChI is InChI=1S/C16H21N3/c1-19(11-12-5-4-6-12)16-9-13(10-17)18-15-8-3-2-7-14(15)16/h2-3,7-9,12H,4-6,10-11,17H2,1H3. The Morgan fingerprint density at radius 1 is 1.32 bits per heavy atom. The predicted octanol–water partition coefficient (Wildman–Crippen LogP) is 2.93. The van der Waals surface area contributed by atoms with Crippen LogP contribution in [-0.4, -0.2) is 18.6 Å². The number of hydrogen-bond donors (Lipinski definition) is 1. The molecule has 3 rings (SSSR count). The molecule has 0 saturated heterocycles. The number of nitrogens with two attached hydrogens (primary N) is 1. The average Bonchev–Trinajstić information content (AvgIpc) is 2.41. The summed E-state index contributed by atoms with van der Waals surface area (Å²) in [5, 5.41) is 1.22. The van der Waals surface area contributed by atoms with Crippen LogP contribution in [-0.2, 0) is 6.54 Å². The van der Waals surface area contributed by atoms with Crippen LogP contribution in [0, 0.1) is 5.92 Å². The highest BCUT2D eigenvalue weighted by Gasteiger charge is 2.20. The highest BCUT2D eigenvalue weighted by Crippen LogP contribution is 2.31. The molecule has 1 fully saturated rings. The molecule has 2 aromatic rings. The van der Waals surface area contributed by atoms with Gasteiger partial charge in [-0.25, -0.2) is 0 Å². The van der Waals surface area contributed by atoms with E-state index in [0.29, 0.717) is 6.54 Å². The van der Waals surface area contributed by atoms with Gasteiger partial charge in [-0.2, -0.15) is 0 Å². The number of nitrogens with zero attached hydrogens (tertiary/aromatic N) is 2. The van der Waals surface area contributed by atoms with Gasteiger partial charge in [0.05, 0.1) is 11.2 Å². The van der Waals surface area contributed by atoms with Crippen LogP contribution >= 0.6 is 0 Å². The minimum atomic E-state index is 0.495. The monoisotopic (exact) mass is 255 g/mol. The number of aromatic nitrogens is 1. The summed E-state index contributed by atoms with van der Waals surface area (Å²) in [6, 6.07) is 10.5. The van der Waals surface area contributed by atoms with Gasteiger partial charge in [0.25, 0.3) is 0 Å². The zero-order valence-corrected chi connectivity index (χ0v) is 11.5. The Morgan fingerprint density at radius 2 is 2.11 bits per heavy atom. The van der Waals surface area contributed by atoms with Crippen LogP contribution in [0.3, 0.4) is 0 Å². The van der Waals surface area contributed by atoms with E-state index in [2.05, 4.69) is 41.2 Å². The van der Waals surface area contributed by atoms with Crippen molar-refractivity contribution in [1.29, 1.82) is 0 Å². The first-order valence-electron chi connectivity index (χ1n) is 7.08. The molecule has 1 aliphatic carbocycles. The zero-order valence-electron chi connectivity index (χ0n) is 11.5. The van der Waals surface area contributed by atoms with E-state index in [1.54, 1.807) is 0 Å². The molecule has 0 spiro atoms. The van der Waals surface area contributed by atoms with Crippen molar-refractivity contribution in [3.8, 4) is 0 Å². The maximum atomic E-state index is 5.77. The van der Waals surface area contributed by atoms with Gasteiger partial charge in [0, 0.05) is 31.2 Å². The molecular formula is C16H21N3. The third-order valence-electron chi connectivity index (χ3n) is 4.12. The van der Waals surface area contributed by atoms with Crippen molar-refractivity contribution >= 4 is 16.6 Å². The molecule has 0 atom stereocenters. The smallest absolute Gasteiger partial charge is 0.0726 e. The van der Waals surface area contributed by atoms with Crippen LogP contribution in [0.25, 0.3) is 10.9 Å². The summed E-state index contributed by atoms with van der Waals surface area (Å²) in [5.74, 6) is 0.859. The molecule has 19 heavy (non-hydrogen) atoms. The second-order valence-electron chi connectivity index (χ2n) is 5.53. The molecule has 100 valence electrons. The molecule has 0 amide bonds. The minimum Gasteiger partial charge on any atom is -0.374 e. The second kappa shape index (κ2) is 5.17. The van der Waals surface area contributed by atoms with E-state index in [4.69, 9.17) is 5.73 Å². The molecular weight excluding hydrogens is 234 g/mol. The maximum absolute atomic E-state index is 5.77. The average molecular weight is 255 g/mol. The summed E-state index contributed by atoms with van der Waals surface area (Å²) in [5.41, 5.74) is 9.04. The molecule has 1 aromatic heterocycles. The topological polar surface area (TPSA) is 42.1 Å². The van der Waals surface area contributed by atoms with Gasteiger partial charge < -0.3 is 10.6 Å². The van der Waals surface area contributed by atoms with Crippen molar-refractivity contribution in [3.05, 3.63) is 36.0 Å². The van der Waals surface area contributed by atoms with Gasteiger partial charge in [-0.3, -0.25) is 4.98 Å². The van der Waals surface area contributed by atoms with Gasteiger partial charge in [0.15, 0.2) is 0 Å². The Kier molecular flexibility index (Phi) is 3.38. The van der Waals surface area contributed by atoms with Crippen LogP contribution < -0.4 is 10.6 Å². The highest BCUT2D eigenvalue weighted by molar-refractivity contribution is 5.91. The van der Waals surface area contributed by atoms with Gasteiger partial charge in [-0.05, 0) is 30.9 Å². The van der Waals surface area contributed by atoms with Crippen molar-refractivity contribution in [2.24, 2.45) is 11.7 Å². The Balaban J connectivity index is 1.99. The Hall–Kier alpha value is -1.61. The lowest BCUT2D eigenvalue weighted by Gasteiger charge is -2.32. The van der Waals surface area contributed by atoms with Gasteiger partial charge in [-0.15, -0.1) is 0 Å². The van der Waals surface area contributed by atoms with E-state index >= 15 is 0 Å². The maximum Gasteiger partial charge on any atom is 0.0726 e. The van der Waals surface area contributed by atoms with Crippen LogP contribution in [0.2, 0.25) is 0 Å². The number of benzene rings is 1. The van der Waals surface area contributed by atoms with E-state index in [1.807, 2.05) is 6.07 Å². The number of pyridine rings is 1. The predicted molar refractivity (Wildman–Crippen MR) is 80.2 cm³/mol. The molecule has 0 radical (unpaired) electrons. The lowest BCUT2D eigenvalue weighted by Crippen LogP contribution is -2.29. The summed E-state index contributed by atoms with van der Waals surface area (Å²) < 4.78 is 0. The van der Waals surface area contributed by atoms with Crippen molar-refractivity contribution in [1.82, 2.24) is 4.98 Å². The Morgan fingerprint density at radius 3 is 2.79 bits per heavy atom. The fourth-order valence-corrected chi connectivity index (χ4v) is 2.79. The van der Waals surface area contributed by atoms with E-state index in [9.17, 15) is 0 Å². The zero-order chi connectivity index (χ0) is 13.2. The molecule has 0 aliphatic heterocycles. The van der Waals surface area contributed by atoms with E-state index in [1.165, 1.54) is 30.3 Å². The molecule has 1 aliphatic rings. The third-order valence-corrected chi connectivity index (χ3v) is 4.12. The first-order valence-corrected chi connectivity index (χ1v) is 7.08. The van der Waals surface area contributed by atoms with E-state index < -0.39 is 0 Å². The van der Waals surface area contributed by atoms with E-state index in [0.717, 1.165) is 23.7 Å². The molecule has 3 nitrogen and oxygen atoms in total. The van der Waals surface area contributed by atoms with Crippen molar-refractivity contribution < 1.29 is 0 Å². The SMILES string of the molecule is CN(CC1CCC1)c1cc(CN)nc2ccccc12. The number of fused-ring (bicyclic) bond motifs is 1. The van der Waals surface area contributed by atoms with Crippen molar-refractivity contribution in [3.63, 3.8) is 0 Å². The Bertz CT molecular complexity index is 575. The van der Waals surface area contributed by atoms with Crippen LogP contribution in [0.4, 0.5) is 5.69 Å². The fraction of sp³-hybridized carbons (Fsp3) is 0.438. The normalized spacial score (nSPS) is 15.5. The summed E-state index contributed by atoms with van der Waals surface area (Å²) in [7, 11) is 2.18. The molecule has 1 aromatic carbocycles. The van der Waals surface area contributed by atoms with Crippen molar-refractivity contribution in [2.45, 2.75) is 25.8 Å². The van der Waals surface area contributed by atoms with Gasteiger partial charge >= 0.3 is 0 Å². The molecule has 0 unspecified atom stereocenters. The lowest BCUT2D eigenvalue weighted by atomic mass is 9.85. The van der Waals surface area contributed by atoms with Gasteiger partial charge in [-0.1, -0.05) is 24.6 Å². The van der Waals surface area contributed by atoms with E-state index in [-0.39, 0.29) is 0 Å². The summed E-state index contributed by atoms with van der Waals surface area (Å²) in [6.45, 7) is 1.63. The summed E-state index contributed by atoms with van der Waals surface area (Å²) in [6.07, 6.45) is 4.14. The summed E-state index contributed by atoms with van der Waals surface area (Å²) in [4.78, 5) is 6.97. The first kappa shape index (κ1) is 12.4. The number of para-hydroxylation sites is 1. The molecule has 2 N–H and O–H groups in total. The first-order chi connectivity index (χ1) is 9.28. The number of rotatable bonds is 4. The van der Waals surface area contributed by atoms with Gasteiger partial charge in [0.2, 0.25) is 0 Å². The van der Waals surface area contributed by atoms with Crippen molar-refractivity contribution in [2.75, 3.05) is 18.5 Å². The molecule has 3 heteroatoms. The third kappa shape index (κ3) is 2.43. The molecule has 1 saturated carbocycles. The minimum absolute atomic E-state index is 0.495. The van der Waals surface area contributed by atoms with Gasteiger partial charge in [0.1, 0.15) is 0 Å². The fourth-order valence-electron chi connectivity index (χ4n) is 2.79. The van der Waals surface area contributed by atoms with Crippen LogP contribution in [0.1, 0.15) is 25.0 Å². The largest absolute Gasteiger partial charge is 0.374 e. The van der Waals surface area contributed by atoms with Crippen LogP contribution in [0.15, 0.2) is 30.3 Å². The molecule has 0 bridgehead atoms. The highest BCUT2D eigenvalue weighted by atomic mass is 15.1. The molecule has 1 heterocycles. The quantitative estimate of drug-likeness (QED) is 0.913. The van der Waals surface area contributed by atoms with Crippen LogP contribution in [0.5, 0.6) is 0 Å².